The maximum atomic E-state index is 13.3. The Morgan fingerprint density at radius 2 is 1.96 bits per heavy atom. The molecule has 1 saturated heterocycles. The summed E-state index contributed by atoms with van der Waals surface area (Å²) in [6.07, 6.45) is 8.78. The van der Waals surface area contributed by atoms with Gasteiger partial charge in [0.05, 0.1) is 18.2 Å². The number of amides is 1. The lowest BCUT2D eigenvalue weighted by atomic mass is 9.75. The number of anilines is 1. The molecule has 0 bridgehead atoms. The molecular weight excluding hydrogens is 338 g/mol. The Labute approximate surface area is 159 Å². The molecule has 138 valence electrons. The number of carbonyl (C=O) groups excluding carboxylic acids is 1. The highest BCUT2D eigenvalue weighted by Crippen LogP contribution is 2.50. The van der Waals surface area contributed by atoms with Crippen LogP contribution in [0.5, 0.6) is 5.75 Å². The van der Waals surface area contributed by atoms with Crippen LogP contribution in [0, 0.1) is 18.3 Å². The van der Waals surface area contributed by atoms with E-state index < -0.39 is 5.41 Å². The van der Waals surface area contributed by atoms with Crippen molar-refractivity contribution in [2.24, 2.45) is 11.3 Å². The van der Waals surface area contributed by atoms with E-state index in [1.54, 1.807) is 7.11 Å². The monoisotopic (exact) mass is 361 g/mol. The van der Waals surface area contributed by atoms with Crippen molar-refractivity contribution in [3.63, 3.8) is 0 Å². The molecule has 1 aromatic heterocycles. The molecule has 27 heavy (non-hydrogen) atoms. The molecular formula is C22H23N3O2. The zero-order chi connectivity index (χ0) is 19.2. The summed E-state index contributed by atoms with van der Waals surface area (Å²) < 4.78 is 5.35. The van der Waals surface area contributed by atoms with Gasteiger partial charge in [0.15, 0.2) is 0 Å². The first kappa shape index (κ1) is 17.5. The van der Waals surface area contributed by atoms with Crippen LogP contribution in [0.2, 0.25) is 0 Å². The van der Waals surface area contributed by atoms with E-state index in [1.807, 2.05) is 62.3 Å². The predicted octanol–water partition coefficient (Wildman–Crippen LogP) is 4.15. The van der Waals surface area contributed by atoms with Crippen LogP contribution >= 0.6 is 0 Å². The molecule has 1 aliphatic carbocycles. The molecule has 0 N–H and O–H groups in total. The van der Waals surface area contributed by atoms with Crippen molar-refractivity contribution in [2.75, 3.05) is 12.0 Å². The fourth-order valence-corrected chi connectivity index (χ4v) is 3.88. The molecule has 2 heterocycles. The van der Waals surface area contributed by atoms with Gasteiger partial charge in [0.1, 0.15) is 11.6 Å². The second kappa shape index (κ2) is 6.34. The van der Waals surface area contributed by atoms with E-state index in [-0.39, 0.29) is 11.8 Å². The summed E-state index contributed by atoms with van der Waals surface area (Å²) in [7, 11) is 1.63. The van der Waals surface area contributed by atoms with Gasteiger partial charge in [-0.3, -0.25) is 9.69 Å². The molecule has 4 rings (SSSR count). The zero-order valence-corrected chi connectivity index (χ0v) is 16.1. The van der Waals surface area contributed by atoms with E-state index >= 15 is 0 Å². The van der Waals surface area contributed by atoms with E-state index in [0.29, 0.717) is 0 Å². The third-order valence-corrected chi connectivity index (χ3v) is 5.54. The summed E-state index contributed by atoms with van der Waals surface area (Å²) in [6, 6.07) is 7.66. The van der Waals surface area contributed by atoms with Crippen molar-refractivity contribution in [3.05, 3.63) is 65.9 Å². The number of carbonyl (C=O) groups is 1. The van der Waals surface area contributed by atoms with E-state index in [2.05, 4.69) is 22.1 Å². The number of aromatic nitrogens is 2. The van der Waals surface area contributed by atoms with Gasteiger partial charge in [0.2, 0.25) is 5.91 Å². The van der Waals surface area contributed by atoms with Crippen molar-refractivity contribution >= 4 is 17.2 Å². The first-order chi connectivity index (χ1) is 12.9. The SMILES string of the molecule is COc1cccc(N2C(=O)C(C)(C)C3CC=C(c4cnc(C)nc4)C=C32)c1. The molecule has 0 saturated carbocycles. The summed E-state index contributed by atoms with van der Waals surface area (Å²) >= 11 is 0. The highest BCUT2D eigenvalue weighted by molar-refractivity contribution is 6.05. The van der Waals surface area contributed by atoms with Gasteiger partial charge in [-0.05, 0) is 37.1 Å². The van der Waals surface area contributed by atoms with Crippen LogP contribution in [0.4, 0.5) is 5.69 Å². The molecule has 5 nitrogen and oxygen atoms in total. The molecule has 1 unspecified atom stereocenters. The summed E-state index contributed by atoms with van der Waals surface area (Å²) in [6.45, 7) is 5.93. The summed E-state index contributed by atoms with van der Waals surface area (Å²) in [5, 5.41) is 0. The van der Waals surface area contributed by atoms with Crippen molar-refractivity contribution in [1.82, 2.24) is 9.97 Å². The molecule has 2 aliphatic rings. The van der Waals surface area contributed by atoms with Crippen LogP contribution < -0.4 is 9.64 Å². The normalized spacial score (nSPS) is 20.8. The average molecular weight is 361 g/mol. The molecule has 1 atom stereocenters. The highest BCUT2D eigenvalue weighted by atomic mass is 16.5. The van der Waals surface area contributed by atoms with Crippen LogP contribution in [0.15, 0.2) is 54.5 Å². The van der Waals surface area contributed by atoms with Gasteiger partial charge in [0, 0.05) is 35.6 Å². The van der Waals surface area contributed by atoms with Gasteiger partial charge in [-0.1, -0.05) is 26.0 Å². The number of nitrogens with zero attached hydrogens (tertiary/aromatic N) is 3. The first-order valence-corrected chi connectivity index (χ1v) is 9.11. The number of allylic oxidation sites excluding steroid dienone is 4. The van der Waals surface area contributed by atoms with Crippen molar-refractivity contribution in [2.45, 2.75) is 27.2 Å². The number of ether oxygens (including phenoxy) is 1. The van der Waals surface area contributed by atoms with Crippen LogP contribution in [-0.4, -0.2) is 23.0 Å². The van der Waals surface area contributed by atoms with Gasteiger partial charge >= 0.3 is 0 Å². The largest absolute Gasteiger partial charge is 0.497 e. The predicted molar refractivity (Wildman–Crippen MR) is 105 cm³/mol. The number of methoxy groups -OCH3 is 1. The number of rotatable bonds is 3. The maximum Gasteiger partial charge on any atom is 0.237 e. The quantitative estimate of drug-likeness (QED) is 0.824. The van der Waals surface area contributed by atoms with E-state index in [4.69, 9.17) is 4.74 Å². The first-order valence-electron chi connectivity index (χ1n) is 9.11. The second-order valence-electron chi connectivity index (χ2n) is 7.60. The zero-order valence-electron chi connectivity index (χ0n) is 16.1. The van der Waals surface area contributed by atoms with Crippen molar-refractivity contribution in [1.29, 1.82) is 0 Å². The van der Waals surface area contributed by atoms with Crippen molar-refractivity contribution < 1.29 is 9.53 Å². The minimum Gasteiger partial charge on any atom is -0.497 e. The van der Waals surface area contributed by atoms with Crippen molar-refractivity contribution in [3.8, 4) is 5.75 Å². The molecule has 2 aromatic rings. The smallest absolute Gasteiger partial charge is 0.237 e. The van der Waals surface area contributed by atoms with Gasteiger partial charge in [-0.2, -0.15) is 0 Å². The Kier molecular flexibility index (Phi) is 4.10. The molecule has 0 radical (unpaired) electrons. The minimum atomic E-state index is -0.458. The van der Waals surface area contributed by atoms with E-state index in [1.165, 1.54) is 0 Å². The van der Waals surface area contributed by atoms with Crippen LogP contribution in [-0.2, 0) is 4.79 Å². The molecule has 0 spiro atoms. The molecule has 1 fully saturated rings. The summed E-state index contributed by atoms with van der Waals surface area (Å²) in [5.74, 6) is 1.74. The Morgan fingerprint density at radius 3 is 2.67 bits per heavy atom. The van der Waals surface area contributed by atoms with Crippen LogP contribution in [0.1, 0.15) is 31.7 Å². The molecule has 5 heteroatoms. The maximum absolute atomic E-state index is 13.3. The fourth-order valence-electron chi connectivity index (χ4n) is 3.88. The molecule has 1 aromatic carbocycles. The number of hydrogen-bond acceptors (Lipinski definition) is 4. The second-order valence-corrected chi connectivity index (χ2v) is 7.60. The minimum absolute atomic E-state index is 0.113. The lowest BCUT2D eigenvalue weighted by Crippen LogP contribution is -2.31. The summed E-state index contributed by atoms with van der Waals surface area (Å²) in [5.41, 5.74) is 3.42. The van der Waals surface area contributed by atoms with Gasteiger partial charge in [-0.25, -0.2) is 9.97 Å². The van der Waals surface area contributed by atoms with Crippen LogP contribution in [0.3, 0.4) is 0 Å². The number of fused-ring (bicyclic) bond motifs is 1. The Hall–Kier alpha value is -2.95. The number of aryl methyl sites for hydroxylation is 1. The topological polar surface area (TPSA) is 55.3 Å². The Balaban J connectivity index is 1.80. The van der Waals surface area contributed by atoms with Gasteiger partial charge in [-0.15, -0.1) is 0 Å². The summed E-state index contributed by atoms with van der Waals surface area (Å²) in [4.78, 5) is 23.7. The lowest BCUT2D eigenvalue weighted by Gasteiger charge is -2.26. The van der Waals surface area contributed by atoms with Gasteiger partial charge < -0.3 is 4.74 Å². The third-order valence-electron chi connectivity index (χ3n) is 5.54. The van der Waals surface area contributed by atoms with Crippen LogP contribution in [0.25, 0.3) is 5.57 Å². The number of hydrogen-bond donors (Lipinski definition) is 0. The van der Waals surface area contributed by atoms with Gasteiger partial charge in [0.25, 0.3) is 0 Å². The Morgan fingerprint density at radius 1 is 1.22 bits per heavy atom. The van der Waals surface area contributed by atoms with E-state index in [9.17, 15) is 4.79 Å². The Bertz CT molecular complexity index is 958. The molecule has 1 amide bonds. The lowest BCUT2D eigenvalue weighted by molar-refractivity contribution is -0.125. The average Bonchev–Trinajstić information content (AvgIpc) is 2.88. The van der Waals surface area contributed by atoms with E-state index in [0.717, 1.165) is 40.5 Å². The standard InChI is InChI=1S/C22H23N3O2/c1-14-23-12-16(13-24-14)15-8-9-19-20(10-15)25(21(26)22(19,2)3)17-6-5-7-18(11-17)27-4/h5-8,10-13,19H,9H2,1-4H3. The third kappa shape index (κ3) is 2.83. The number of benzene rings is 1. The molecule has 1 aliphatic heterocycles. The highest BCUT2D eigenvalue weighted by Gasteiger charge is 2.51. The fraction of sp³-hybridized carbons (Fsp3) is 0.318.